The fourth-order valence-electron chi connectivity index (χ4n) is 0.684. The molecule has 58 valence electrons. The highest BCUT2D eigenvalue weighted by atomic mass is 35.5. The van der Waals surface area contributed by atoms with Gasteiger partial charge in [-0.3, -0.25) is 0 Å². The van der Waals surface area contributed by atoms with Crippen LogP contribution in [0.3, 0.4) is 0 Å². The fourth-order valence-corrected chi connectivity index (χ4v) is 0.684. The van der Waals surface area contributed by atoms with Crippen molar-refractivity contribution in [3.63, 3.8) is 0 Å². The van der Waals surface area contributed by atoms with Gasteiger partial charge in [-0.05, 0) is 13.5 Å². The van der Waals surface area contributed by atoms with Crippen LogP contribution in [0.25, 0.3) is 0 Å². The summed E-state index contributed by atoms with van der Waals surface area (Å²) in [7, 11) is 0. The van der Waals surface area contributed by atoms with Gasteiger partial charge in [0.15, 0.2) is 0 Å². The molecule has 2 N–H and O–H groups in total. The van der Waals surface area contributed by atoms with E-state index in [2.05, 4.69) is 5.16 Å². The first kappa shape index (κ1) is 9.46. The van der Waals surface area contributed by atoms with Crippen LogP contribution in [-0.4, -0.2) is 11.7 Å². The third-order valence-corrected chi connectivity index (χ3v) is 1.08. The molecule has 3 nitrogen and oxygen atoms in total. The molecule has 0 aliphatic heterocycles. The zero-order valence-electron chi connectivity index (χ0n) is 5.83. The molecule has 1 heterocycles. The molecule has 0 spiro atoms. The molecule has 10 heavy (non-hydrogen) atoms. The van der Waals surface area contributed by atoms with Crippen LogP contribution < -0.4 is 5.73 Å². The smallest absolute Gasteiger partial charge is 0.133 e. The Morgan fingerprint density at radius 3 is 2.80 bits per heavy atom. The van der Waals surface area contributed by atoms with Crippen molar-refractivity contribution < 1.29 is 4.52 Å². The Hall–Kier alpha value is -0.540. The highest BCUT2D eigenvalue weighted by Crippen LogP contribution is 2.00. The summed E-state index contributed by atoms with van der Waals surface area (Å²) in [5.74, 6) is 0.846. The Kier molecular flexibility index (Phi) is 4.07. The van der Waals surface area contributed by atoms with Crippen molar-refractivity contribution in [1.82, 2.24) is 5.16 Å². The number of halogens is 1. The molecule has 0 fully saturated rings. The van der Waals surface area contributed by atoms with Crippen LogP contribution >= 0.6 is 12.4 Å². The monoisotopic (exact) mass is 162 g/mol. The summed E-state index contributed by atoms with van der Waals surface area (Å²) in [4.78, 5) is 0. The molecule has 1 aromatic heterocycles. The first-order chi connectivity index (χ1) is 4.33. The lowest BCUT2D eigenvalue weighted by atomic mass is 10.3. The van der Waals surface area contributed by atoms with Gasteiger partial charge in [0, 0.05) is 12.5 Å². The van der Waals surface area contributed by atoms with Gasteiger partial charge in [0.05, 0.1) is 5.69 Å². The first-order valence-electron chi connectivity index (χ1n) is 2.95. The van der Waals surface area contributed by atoms with E-state index in [9.17, 15) is 0 Å². The van der Waals surface area contributed by atoms with E-state index in [1.165, 1.54) is 0 Å². The molecule has 0 saturated heterocycles. The number of nitrogens with two attached hydrogens (primary N) is 1. The van der Waals surface area contributed by atoms with Crippen LogP contribution in [0.15, 0.2) is 10.6 Å². The fraction of sp³-hybridized carbons (Fsp3) is 0.500. The predicted molar refractivity (Wildman–Crippen MR) is 41.2 cm³/mol. The average molecular weight is 163 g/mol. The quantitative estimate of drug-likeness (QED) is 0.703. The molecule has 4 heteroatoms. The van der Waals surface area contributed by atoms with Crippen molar-refractivity contribution in [2.75, 3.05) is 6.54 Å². The Morgan fingerprint density at radius 2 is 2.40 bits per heavy atom. The summed E-state index contributed by atoms with van der Waals surface area (Å²) in [5.41, 5.74) is 6.23. The Labute approximate surface area is 66.0 Å². The van der Waals surface area contributed by atoms with Crippen LogP contribution in [0.2, 0.25) is 0 Å². The summed E-state index contributed by atoms with van der Waals surface area (Å²) >= 11 is 0. The van der Waals surface area contributed by atoms with E-state index in [4.69, 9.17) is 10.3 Å². The molecule has 0 saturated carbocycles. The second kappa shape index (κ2) is 4.30. The largest absolute Gasteiger partial charge is 0.361 e. The minimum Gasteiger partial charge on any atom is -0.361 e. The maximum atomic E-state index is 5.29. The third kappa shape index (κ3) is 2.37. The van der Waals surface area contributed by atoms with E-state index in [0.29, 0.717) is 6.54 Å². The summed E-state index contributed by atoms with van der Waals surface area (Å²) in [6, 6.07) is 1.90. The second-order valence-electron chi connectivity index (χ2n) is 1.97. The number of rotatable bonds is 2. The zero-order chi connectivity index (χ0) is 6.69. The van der Waals surface area contributed by atoms with Gasteiger partial charge in [-0.2, -0.15) is 0 Å². The first-order valence-corrected chi connectivity index (χ1v) is 2.95. The predicted octanol–water partition coefficient (Wildman–Crippen LogP) is 0.906. The lowest BCUT2D eigenvalue weighted by molar-refractivity contribution is 0.390. The van der Waals surface area contributed by atoms with Gasteiger partial charge in [0.25, 0.3) is 0 Å². The average Bonchev–Trinajstić information content (AvgIpc) is 2.17. The van der Waals surface area contributed by atoms with Crippen LogP contribution in [0.5, 0.6) is 0 Å². The Bertz CT molecular complexity index is 188. The van der Waals surface area contributed by atoms with Gasteiger partial charge in [-0.25, -0.2) is 0 Å². The van der Waals surface area contributed by atoms with E-state index >= 15 is 0 Å². The van der Waals surface area contributed by atoms with Gasteiger partial charge in [0.2, 0.25) is 0 Å². The van der Waals surface area contributed by atoms with Crippen molar-refractivity contribution in [2.45, 2.75) is 13.3 Å². The molecule has 0 aliphatic rings. The normalized spacial score (nSPS) is 9.00. The number of hydrogen-bond acceptors (Lipinski definition) is 3. The van der Waals surface area contributed by atoms with Crippen molar-refractivity contribution >= 4 is 12.4 Å². The van der Waals surface area contributed by atoms with E-state index < -0.39 is 0 Å². The van der Waals surface area contributed by atoms with Crippen LogP contribution in [0.1, 0.15) is 11.5 Å². The van der Waals surface area contributed by atoms with Crippen LogP contribution in [0, 0.1) is 6.92 Å². The molecule has 0 atom stereocenters. The van der Waals surface area contributed by atoms with E-state index in [1.807, 2.05) is 13.0 Å². The maximum Gasteiger partial charge on any atom is 0.133 e. The maximum absolute atomic E-state index is 5.29. The van der Waals surface area contributed by atoms with Gasteiger partial charge in [-0.1, -0.05) is 5.16 Å². The van der Waals surface area contributed by atoms with Gasteiger partial charge >= 0.3 is 0 Å². The molecule has 0 bridgehead atoms. The van der Waals surface area contributed by atoms with Gasteiger partial charge < -0.3 is 10.3 Å². The number of aromatic nitrogens is 1. The third-order valence-electron chi connectivity index (χ3n) is 1.08. The van der Waals surface area contributed by atoms with Crippen molar-refractivity contribution in [1.29, 1.82) is 0 Å². The molecule has 0 radical (unpaired) electrons. The minimum atomic E-state index is 0. The molecular formula is C6H11ClN2O. The summed E-state index contributed by atoms with van der Waals surface area (Å²) in [5, 5.41) is 3.75. The number of hydrogen-bond donors (Lipinski definition) is 1. The number of aryl methyl sites for hydroxylation is 1. The SMILES string of the molecule is Cc1cc(CCN)no1.Cl. The van der Waals surface area contributed by atoms with E-state index in [1.54, 1.807) is 0 Å². The molecule has 0 aromatic carbocycles. The highest BCUT2D eigenvalue weighted by Gasteiger charge is 1.96. The zero-order valence-corrected chi connectivity index (χ0v) is 6.65. The van der Waals surface area contributed by atoms with Crippen LogP contribution in [-0.2, 0) is 6.42 Å². The summed E-state index contributed by atoms with van der Waals surface area (Å²) in [6.45, 7) is 2.50. The van der Waals surface area contributed by atoms with Crippen molar-refractivity contribution in [3.8, 4) is 0 Å². The highest BCUT2D eigenvalue weighted by molar-refractivity contribution is 5.85. The van der Waals surface area contributed by atoms with Gasteiger partial charge in [-0.15, -0.1) is 12.4 Å². The standard InChI is InChI=1S/C6H10N2O.ClH/c1-5-4-6(2-3-7)8-9-5;/h4H,2-3,7H2,1H3;1H. The minimum absolute atomic E-state index is 0. The Balaban J connectivity index is 0.000000810. The van der Waals surface area contributed by atoms with Crippen LogP contribution in [0.4, 0.5) is 0 Å². The summed E-state index contributed by atoms with van der Waals surface area (Å²) < 4.78 is 4.81. The second-order valence-corrected chi connectivity index (χ2v) is 1.97. The van der Waals surface area contributed by atoms with Gasteiger partial charge in [0.1, 0.15) is 5.76 Å². The molecule has 0 amide bonds. The van der Waals surface area contributed by atoms with E-state index in [0.717, 1.165) is 17.9 Å². The van der Waals surface area contributed by atoms with Crippen molar-refractivity contribution in [2.24, 2.45) is 5.73 Å². The summed E-state index contributed by atoms with van der Waals surface area (Å²) in [6.07, 6.45) is 0.803. The molecule has 1 rings (SSSR count). The van der Waals surface area contributed by atoms with Crippen molar-refractivity contribution in [3.05, 3.63) is 17.5 Å². The Morgan fingerprint density at radius 1 is 1.70 bits per heavy atom. The topological polar surface area (TPSA) is 52.0 Å². The lowest BCUT2D eigenvalue weighted by Crippen LogP contribution is -2.02. The van der Waals surface area contributed by atoms with E-state index in [-0.39, 0.29) is 12.4 Å². The number of nitrogens with zero attached hydrogens (tertiary/aromatic N) is 1. The molecule has 0 aliphatic carbocycles. The molecule has 0 unspecified atom stereocenters. The lowest BCUT2D eigenvalue weighted by Gasteiger charge is -1.83. The molecular weight excluding hydrogens is 152 g/mol. The molecule has 1 aromatic rings.